The van der Waals surface area contributed by atoms with Crippen LogP contribution in [0.25, 0.3) is 0 Å². The van der Waals surface area contributed by atoms with E-state index in [-0.39, 0.29) is 6.61 Å². The number of aliphatic hydroxyl groups is 1. The molecule has 0 saturated carbocycles. The summed E-state index contributed by atoms with van der Waals surface area (Å²) in [5.74, 6) is 0. The topological polar surface area (TPSA) is 66.4 Å². The zero-order valence-corrected chi connectivity index (χ0v) is 29.2. The van der Waals surface area contributed by atoms with Crippen molar-refractivity contribution in [2.24, 2.45) is 0 Å². The van der Waals surface area contributed by atoms with Gasteiger partial charge >= 0.3 is 0 Å². The molecule has 6 atom stereocenters. The van der Waals surface area contributed by atoms with Gasteiger partial charge < -0.3 is 28.8 Å². The molecule has 1 saturated heterocycles. The monoisotopic (exact) mass is 722 g/mol. The quantitative estimate of drug-likeness (QED) is 0.117. The van der Waals surface area contributed by atoms with Crippen molar-refractivity contribution in [3.05, 3.63) is 177 Å². The fraction of sp³-hybridized carbons (Fsp3) is 0.286. The Morgan fingerprint density at radius 1 is 0.592 bits per heavy atom. The maximum Gasteiger partial charge on any atom is 0.117 e. The highest BCUT2D eigenvalue weighted by atomic mass is 79.9. The van der Waals surface area contributed by atoms with Crippen molar-refractivity contribution >= 4 is 15.9 Å². The average Bonchev–Trinajstić information content (AvgIpc) is 3.14. The molecule has 6 nitrogen and oxygen atoms in total. The zero-order chi connectivity index (χ0) is 33.8. The lowest BCUT2D eigenvalue weighted by atomic mass is 9.88. The van der Waals surface area contributed by atoms with Crippen molar-refractivity contribution in [1.29, 1.82) is 0 Å². The summed E-state index contributed by atoms with van der Waals surface area (Å²) in [4.78, 5) is 0. The van der Waals surface area contributed by atoms with E-state index in [1.807, 2.05) is 146 Å². The third-order valence-electron chi connectivity index (χ3n) is 8.78. The molecule has 6 rings (SSSR count). The van der Waals surface area contributed by atoms with E-state index in [0.717, 1.165) is 37.9 Å². The third kappa shape index (κ3) is 9.74. The molecule has 0 radical (unpaired) electrons. The van der Waals surface area contributed by atoms with Crippen LogP contribution in [0.3, 0.4) is 0 Å². The molecular formula is C42H43BrO6. The summed E-state index contributed by atoms with van der Waals surface area (Å²) < 4.78 is 34.5. The van der Waals surface area contributed by atoms with Gasteiger partial charge in [-0.1, -0.05) is 143 Å². The Morgan fingerprint density at radius 3 is 1.53 bits per heavy atom. The van der Waals surface area contributed by atoms with Gasteiger partial charge in [-0.2, -0.15) is 0 Å². The van der Waals surface area contributed by atoms with Crippen molar-refractivity contribution in [2.75, 3.05) is 6.61 Å². The number of hydrogen-bond acceptors (Lipinski definition) is 6. The standard InChI is InChI=1S/C42H43BrO6/c1-30-24-35(43)22-23-36(30)38(44)40-42(48-28-34-20-12-5-13-21-34)41(47-27-33-18-10-4-11-19-33)39(46-26-32-16-8-3-9-17-32)37(49-40)29-45-25-31-14-6-2-7-15-31/h2-24,37-42,44H,25-29H2,1H3/t37-,38?,39+,40+,41-,42-/m0/s1. The summed E-state index contributed by atoms with van der Waals surface area (Å²) in [5.41, 5.74) is 5.82. The molecule has 1 N–H and O–H groups in total. The van der Waals surface area contributed by atoms with Crippen LogP contribution in [0.2, 0.25) is 0 Å². The van der Waals surface area contributed by atoms with Gasteiger partial charge in [-0.05, 0) is 52.4 Å². The Hall–Kier alpha value is -3.66. The normalized spacial score (nSPS) is 21.3. The molecule has 1 aliphatic heterocycles. The van der Waals surface area contributed by atoms with Gasteiger partial charge in [0, 0.05) is 4.47 Å². The van der Waals surface area contributed by atoms with E-state index in [1.165, 1.54) is 0 Å². The van der Waals surface area contributed by atoms with Gasteiger partial charge in [0.05, 0.1) is 33.0 Å². The van der Waals surface area contributed by atoms with Crippen LogP contribution in [0.4, 0.5) is 0 Å². The SMILES string of the molecule is Cc1cc(Br)ccc1C(O)[C@H]1O[C@@H](COCc2ccccc2)[C@@H](OCc2ccccc2)[C@H](OCc2ccccc2)[C@H]1OCc1ccccc1. The minimum Gasteiger partial charge on any atom is -0.386 e. The van der Waals surface area contributed by atoms with Crippen molar-refractivity contribution in [3.63, 3.8) is 0 Å². The molecule has 5 aromatic carbocycles. The minimum absolute atomic E-state index is 0.230. The second kappa shape index (κ2) is 17.8. The molecule has 0 aliphatic carbocycles. The van der Waals surface area contributed by atoms with Crippen LogP contribution < -0.4 is 0 Å². The van der Waals surface area contributed by atoms with E-state index in [9.17, 15) is 5.11 Å². The summed E-state index contributed by atoms with van der Waals surface area (Å²) >= 11 is 3.57. The van der Waals surface area contributed by atoms with Crippen molar-refractivity contribution < 1.29 is 28.8 Å². The molecule has 49 heavy (non-hydrogen) atoms. The van der Waals surface area contributed by atoms with Crippen LogP contribution in [-0.4, -0.2) is 42.2 Å². The summed E-state index contributed by atoms with van der Waals surface area (Å²) in [6, 6.07) is 46.0. The highest BCUT2D eigenvalue weighted by Crippen LogP contribution is 2.37. The predicted molar refractivity (Wildman–Crippen MR) is 194 cm³/mol. The van der Waals surface area contributed by atoms with Crippen LogP contribution in [-0.2, 0) is 50.1 Å². The molecule has 7 heteroatoms. The predicted octanol–water partition coefficient (Wildman–Crippen LogP) is 8.53. The molecule has 5 aromatic rings. The van der Waals surface area contributed by atoms with Gasteiger partial charge in [-0.25, -0.2) is 0 Å². The Kier molecular flexibility index (Phi) is 12.8. The molecule has 0 amide bonds. The molecule has 1 fully saturated rings. The average molecular weight is 724 g/mol. The Balaban J connectivity index is 1.36. The molecule has 1 heterocycles. The number of aryl methyl sites for hydroxylation is 1. The van der Waals surface area contributed by atoms with Crippen LogP contribution in [0.15, 0.2) is 144 Å². The molecule has 0 spiro atoms. The van der Waals surface area contributed by atoms with E-state index in [4.69, 9.17) is 23.7 Å². The summed E-state index contributed by atoms with van der Waals surface area (Å²) in [7, 11) is 0. The van der Waals surface area contributed by atoms with Gasteiger partial charge in [0.2, 0.25) is 0 Å². The number of benzene rings is 5. The lowest BCUT2D eigenvalue weighted by molar-refractivity contribution is -0.287. The van der Waals surface area contributed by atoms with E-state index in [2.05, 4.69) is 15.9 Å². The molecule has 0 aromatic heterocycles. The van der Waals surface area contributed by atoms with Crippen LogP contribution in [0.1, 0.15) is 39.5 Å². The summed E-state index contributed by atoms with van der Waals surface area (Å²) in [5, 5.41) is 12.1. The first kappa shape index (κ1) is 35.2. The number of rotatable bonds is 15. The van der Waals surface area contributed by atoms with E-state index < -0.39 is 36.6 Å². The van der Waals surface area contributed by atoms with Gasteiger partial charge in [0.1, 0.15) is 36.6 Å². The lowest BCUT2D eigenvalue weighted by Gasteiger charge is -2.47. The fourth-order valence-corrected chi connectivity index (χ4v) is 6.70. The maximum absolute atomic E-state index is 12.1. The first-order valence-corrected chi connectivity index (χ1v) is 17.5. The summed E-state index contributed by atoms with van der Waals surface area (Å²) in [6.45, 7) is 3.62. The number of hydrogen-bond donors (Lipinski definition) is 1. The molecule has 1 unspecified atom stereocenters. The maximum atomic E-state index is 12.1. The fourth-order valence-electron chi connectivity index (χ4n) is 6.23. The summed E-state index contributed by atoms with van der Waals surface area (Å²) in [6.07, 6.45) is -4.24. The number of halogens is 1. The van der Waals surface area contributed by atoms with Crippen LogP contribution in [0.5, 0.6) is 0 Å². The Morgan fingerprint density at radius 2 is 1.04 bits per heavy atom. The first-order chi connectivity index (χ1) is 24.0. The highest BCUT2D eigenvalue weighted by molar-refractivity contribution is 9.10. The van der Waals surface area contributed by atoms with E-state index in [1.54, 1.807) is 0 Å². The molecule has 254 valence electrons. The molecule has 1 aliphatic rings. The smallest absolute Gasteiger partial charge is 0.117 e. The van der Waals surface area contributed by atoms with E-state index >= 15 is 0 Å². The largest absolute Gasteiger partial charge is 0.386 e. The van der Waals surface area contributed by atoms with Crippen molar-refractivity contribution in [1.82, 2.24) is 0 Å². The molecular weight excluding hydrogens is 680 g/mol. The van der Waals surface area contributed by atoms with Crippen molar-refractivity contribution in [2.45, 2.75) is 70.0 Å². The highest BCUT2D eigenvalue weighted by Gasteiger charge is 2.51. The van der Waals surface area contributed by atoms with E-state index in [0.29, 0.717) is 26.4 Å². The van der Waals surface area contributed by atoms with Crippen molar-refractivity contribution in [3.8, 4) is 0 Å². The number of ether oxygens (including phenoxy) is 5. The minimum atomic E-state index is -1.01. The second-order valence-corrected chi connectivity index (χ2v) is 13.3. The first-order valence-electron chi connectivity index (χ1n) is 16.7. The Bertz CT molecular complexity index is 1690. The lowest BCUT2D eigenvalue weighted by Crippen LogP contribution is -2.62. The van der Waals surface area contributed by atoms with Gasteiger partial charge in [0.15, 0.2) is 0 Å². The second-order valence-electron chi connectivity index (χ2n) is 12.4. The van der Waals surface area contributed by atoms with Crippen LogP contribution >= 0.6 is 15.9 Å². The van der Waals surface area contributed by atoms with Gasteiger partial charge in [-0.3, -0.25) is 0 Å². The zero-order valence-electron chi connectivity index (χ0n) is 27.6. The van der Waals surface area contributed by atoms with Gasteiger partial charge in [0.25, 0.3) is 0 Å². The number of aliphatic hydroxyl groups excluding tert-OH is 1. The van der Waals surface area contributed by atoms with Crippen LogP contribution in [0, 0.1) is 6.92 Å². The third-order valence-corrected chi connectivity index (χ3v) is 9.27. The Labute approximate surface area is 297 Å². The van der Waals surface area contributed by atoms with Gasteiger partial charge in [-0.15, -0.1) is 0 Å². The molecule has 0 bridgehead atoms.